The number of anilines is 2. The minimum atomic E-state index is -0.178. The number of thiazole rings is 1. The summed E-state index contributed by atoms with van der Waals surface area (Å²) in [5.41, 5.74) is 3.59. The van der Waals surface area contributed by atoms with Gasteiger partial charge in [-0.3, -0.25) is 9.69 Å². The molecular formula is C23H22N2O3S. The second-order valence-corrected chi connectivity index (χ2v) is 7.79. The van der Waals surface area contributed by atoms with Crippen LogP contribution in [0.2, 0.25) is 0 Å². The van der Waals surface area contributed by atoms with E-state index in [-0.39, 0.29) is 12.0 Å². The molecule has 3 aromatic rings. The van der Waals surface area contributed by atoms with E-state index < -0.39 is 0 Å². The summed E-state index contributed by atoms with van der Waals surface area (Å²) in [6.45, 7) is 3.96. The van der Waals surface area contributed by atoms with Gasteiger partial charge >= 0.3 is 0 Å². The third-order valence-electron chi connectivity index (χ3n) is 4.69. The van der Waals surface area contributed by atoms with E-state index in [4.69, 9.17) is 9.47 Å². The first-order valence-corrected chi connectivity index (χ1v) is 10.3. The number of aryl methyl sites for hydroxylation is 1. The maximum atomic E-state index is 13.1. The summed E-state index contributed by atoms with van der Waals surface area (Å²) >= 11 is 1.44. The molecule has 0 aliphatic carbocycles. The van der Waals surface area contributed by atoms with Crippen LogP contribution in [-0.4, -0.2) is 24.1 Å². The maximum Gasteiger partial charge on any atom is 0.257 e. The summed E-state index contributed by atoms with van der Waals surface area (Å²) < 4.78 is 11.4. The maximum absolute atomic E-state index is 13.1. The van der Waals surface area contributed by atoms with E-state index in [0.717, 1.165) is 40.4 Å². The van der Waals surface area contributed by atoms with Crippen molar-refractivity contribution in [2.45, 2.75) is 26.4 Å². The van der Waals surface area contributed by atoms with E-state index in [1.54, 1.807) is 24.2 Å². The number of para-hydroxylation sites is 1. The number of benzene rings is 2. The fraction of sp³-hybridized carbons (Fsp3) is 0.217. The molecular weight excluding hydrogens is 384 g/mol. The largest absolute Gasteiger partial charge is 0.496 e. The van der Waals surface area contributed by atoms with E-state index in [1.165, 1.54) is 11.3 Å². The third-order valence-corrected chi connectivity index (χ3v) is 5.63. The Morgan fingerprint density at radius 1 is 1.31 bits per heavy atom. The van der Waals surface area contributed by atoms with Gasteiger partial charge in [-0.2, -0.15) is 0 Å². The van der Waals surface area contributed by atoms with Crippen LogP contribution in [0.1, 0.15) is 23.7 Å². The Morgan fingerprint density at radius 2 is 2.10 bits per heavy atom. The molecule has 6 heteroatoms. The van der Waals surface area contributed by atoms with Crippen LogP contribution >= 0.6 is 11.3 Å². The Labute approximate surface area is 174 Å². The molecule has 2 aromatic carbocycles. The molecule has 1 amide bonds. The number of carbonyl (C=O) groups is 1. The van der Waals surface area contributed by atoms with Gasteiger partial charge in [-0.25, -0.2) is 4.98 Å². The first-order valence-electron chi connectivity index (χ1n) is 9.42. The number of rotatable bonds is 5. The Morgan fingerprint density at radius 3 is 2.79 bits per heavy atom. The normalized spacial score (nSPS) is 15.2. The van der Waals surface area contributed by atoms with Crippen molar-refractivity contribution >= 4 is 34.1 Å². The predicted molar refractivity (Wildman–Crippen MR) is 116 cm³/mol. The Balaban J connectivity index is 1.66. The molecule has 0 saturated heterocycles. The van der Waals surface area contributed by atoms with Gasteiger partial charge < -0.3 is 9.47 Å². The summed E-state index contributed by atoms with van der Waals surface area (Å²) in [7, 11) is 1.63. The van der Waals surface area contributed by atoms with Crippen LogP contribution in [0.25, 0.3) is 6.08 Å². The van der Waals surface area contributed by atoms with Gasteiger partial charge in [0, 0.05) is 29.0 Å². The summed E-state index contributed by atoms with van der Waals surface area (Å²) in [6.07, 6.45) is 4.33. The lowest BCUT2D eigenvalue weighted by molar-refractivity contribution is -0.113. The first kappa shape index (κ1) is 19.2. The molecule has 1 atom stereocenters. The molecule has 29 heavy (non-hydrogen) atoms. The number of carbonyl (C=O) groups excluding carboxylic acids is 1. The number of ether oxygens (including phenoxy) is 2. The van der Waals surface area contributed by atoms with E-state index >= 15 is 0 Å². The summed E-state index contributed by atoms with van der Waals surface area (Å²) in [5, 5.41) is 2.58. The standard InChI is InChI=1S/C23H22N2O3S/c1-15-14-29-23(24-15)25(19-7-5-4-6-8-19)22(26)10-9-17-12-21-18(11-16(2)28-21)13-20(17)27-3/h4-10,12-14,16H,11H2,1-3H3/b10-9+/t16-/m1/s1. The Kier molecular flexibility index (Phi) is 5.36. The zero-order chi connectivity index (χ0) is 20.4. The highest BCUT2D eigenvalue weighted by Gasteiger charge is 2.22. The van der Waals surface area contributed by atoms with E-state index in [2.05, 4.69) is 4.98 Å². The van der Waals surface area contributed by atoms with Crippen molar-refractivity contribution in [1.29, 1.82) is 0 Å². The smallest absolute Gasteiger partial charge is 0.257 e. The van der Waals surface area contributed by atoms with Gasteiger partial charge in [-0.15, -0.1) is 11.3 Å². The van der Waals surface area contributed by atoms with Gasteiger partial charge in [0.05, 0.1) is 18.5 Å². The van der Waals surface area contributed by atoms with Crippen LogP contribution in [0.5, 0.6) is 11.5 Å². The molecule has 1 aliphatic heterocycles. The lowest BCUT2D eigenvalue weighted by Gasteiger charge is -2.18. The SMILES string of the molecule is COc1cc2c(cc1/C=C/C(=O)N(c1ccccc1)c1nc(C)cs1)O[C@H](C)C2. The molecule has 0 unspecified atom stereocenters. The number of fused-ring (bicyclic) bond motifs is 1. The van der Waals surface area contributed by atoms with Gasteiger partial charge in [0.1, 0.15) is 17.6 Å². The van der Waals surface area contributed by atoms with E-state index in [0.29, 0.717) is 5.13 Å². The highest BCUT2D eigenvalue weighted by Crippen LogP contribution is 2.36. The molecule has 0 radical (unpaired) electrons. The van der Waals surface area contributed by atoms with Crippen molar-refractivity contribution in [3.8, 4) is 11.5 Å². The predicted octanol–water partition coefficient (Wildman–Crippen LogP) is 5.16. The lowest BCUT2D eigenvalue weighted by Crippen LogP contribution is -2.23. The van der Waals surface area contributed by atoms with E-state index in [1.807, 2.05) is 61.7 Å². The average Bonchev–Trinajstić information content (AvgIpc) is 3.30. The molecule has 2 heterocycles. The zero-order valence-electron chi connectivity index (χ0n) is 16.6. The van der Waals surface area contributed by atoms with Crippen molar-refractivity contribution in [2.75, 3.05) is 12.0 Å². The van der Waals surface area contributed by atoms with Gasteiger partial charge in [-0.1, -0.05) is 18.2 Å². The second kappa shape index (κ2) is 8.09. The summed E-state index contributed by atoms with van der Waals surface area (Å²) in [6, 6.07) is 13.4. The molecule has 0 bridgehead atoms. The Bertz CT molecular complexity index is 1060. The number of methoxy groups -OCH3 is 1. The molecule has 0 N–H and O–H groups in total. The van der Waals surface area contributed by atoms with Crippen LogP contribution in [0, 0.1) is 6.92 Å². The molecule has 1 aliphatic rings. The zero-order valence-corrected chi connectivity index (χ0v) is 17.4. The van der Waals surface area contributed by atoms with Crippen molar-refractivity contribution in [1.82, 2.24) is 4.98 Å². The van der Waals surface area contributed by atoms with Crippen LogP contribution < -0.4 is 14.4 Å². The van der Waals surface area contributed by atoms with Crippen LogP contribution in [0.3, 0.4) is 0 Å². The highest BCUT2D eigenvalue weighted by atomic mass is 32.1. The van der Waals surface area contributed by atoms with Crippen molar-refractivity contribution in [3.63, 3.8) is 0 Å². The number of nitrogens with zero attached hydrogens (tertiary/aromatic N) is 2. The molecule has 0 saturated carbocycles. The third kappa shape index (κ3) is 4.03. The van der Waals surface area contributed by atoms with E-state index in [9.17, 15) is 4.79 Å². The molecule has 5 nitrogen and oxygen atoms in total. The highest BCUT2D eigenvalue weighted by molar-refractivity contribution is 7.14. The average molecular weight is 407 g/mol. The molecule has 4 rings (SSSR count). The van der Waals surface area contributed by atoms with Crippen molar-refractivity contribution in [2.24, 2.45) is 0 Å². The molecule has 0 fully saturated rings. The lowest BCUT2D eigenvalue weighted by atomic mass is 10.1. The number of amides is 1. The quantitative estimate of drug-likeness (QED) is 0.549. The number of hydrogen-bond donors (Lipinski definition) is 0. The van der Waals surface area contributed by atoms with Crippen molar-refractivity contribution in [3.05, 3.63) is 70.7 Å². The molecule has 0 spiro atoms. The van der Waals surface area contributed by atoms with Crippen molar-refractivity contribution < 1.29 is 14.3 Å². The number of hydrogen-bond acceptors (Lipinski definition) is 5. The fourth-order valence-electron chi connectivity index (χ4n) is 3.35. The monoisotopic (exact) mass is 406 g/mol. The molecule has 148 valence electrons. The summed E-state index contributed by atoms with van der Waals surface area (Å²) in [4.78, 5) is 19.3. The van der Waals surface area contributed by atoms with Gasteiger partial charge in [-0.05, 0) is 44.2 Å². The van der Waals surface area contributed by atoms with Gasteiger partial charge in [0.25, 0.3) is 5.91 Å². The van der Waals surface area contributed by atoms with Crippen LogP contribution in [0.4, 0.5) is 10.8 Å². The van der Waals surface area contributed by atoms with Crippen LogP contribution in [-0.2, 0) is 11.2 Å². The topological polar surface area (TPSA) is 51.7 Å². The van der Waals surface area contributed by atoms with Gasteiger partial charge in [0.15, 0.2) is 5.13 Å². The minimum Gasteiger partial charge on any atom is -0.496 e. The number of aromatic nitrogens is 1. The molecule has 1 aromatic heterocycles. The minimum absolute atomic E-state index is 0.150. The van der Waals surface area contributed by atoms with Crippen LogP contribution in [0.15, 0.2) is 53.9 Å². The fourth-order valence-corrected chi connectivity index (χ4v) is 4.18. The van der Waals surface area contributed by atoms with Gasteiger partial charge in [0.2, 0.25) is 0 Å². The Hall–Kier alpha value is -3.12. The summed E-state index contributed by atoms with van der Waals surface area (Å²) in [5.74, 6) is 1.39. The first-order chi connectivity index (χ1) is 14.0. The second-order valence-electron chi connectivity index (χ2n) is 6.95.